The summed E-state index contributed by atoms with van der Waals surface area (Å²) in [6, 6.07) is 5.65. The standard InChI is InChI=1S/C17H23N3O/c1-11-6-13(9-17(2,3)8-11)21-16-14-7-12(18)4-5-15(14)19-10-20-16/h4-5,7,10-11,13H,6,8-9,18H2,1-3H3. The molecule has 2 N–H and O–H groups in total. The van der Waals surface area contributed by atoms with Crippen LogP contribution in [0.5, 0.6) is 5.88 Å². The van der Waals surface area contributed by atoms with Gasteiger partial charge in [-0.1, -0.05) is 20.8 Å². The molecule has 0 aliphatic heterocycles. The van der Waals surface area contributed by atoms with Gasteiger partial charge in [-0.3, -0.25) is 0 Å². The van der Waals surface area contributed by atoms with Gasteiger partial charge in [0.15, 0.2) is 0 Å². The lowest BCUT2D eigenvalue weighted by atomic mass is 9.71. The van der Waals surface area contributed by atoms with E-state index in [2.05, 4.69) is 30.7 Å². The molecule has 21 heavy (non-hydrogen) atoms. The molecule has 0 saturated heterocycles. The van der Waals surface area contributed by atoms with Gasteiger partial charge in [-0.25, -0.2) is 9.97 Å². The van der Waals surface area contributed by atoms with E-state index >= 15 is 0 Å². The maximum atomic E-state index is 6.22. The largest absolute Gasteiger partial charge is 0.474 e. The van der Waals surface area contributed by atoms with Crippen LogP contribution in [0.3, 0.4) is 0 Å². The first kappa shape index (κ1) is 14.1. The Bertz CT molecular complexity index is 654. The van der Waals surface area contributed by atoms with Crippen molar-refractivity contribution >= 4 is 16.6 Å². The van der Waals surface area contributed by atoms with Crippen molar-refractivity contribution in [3.8, 4) is 5.88 Å². The number of nitrogens with zero attached hydrogens (tertiary/aromatic N) is 2. The normalized spacial score (nSPS) is 24.9. The van der Waals surface area contributed by atoms with Gasteiger partial charge in [0.25, 0.3) is 0 Å². The van der Waals surface area contributed by atoms with Gasteiger partial charge in [-0.05, 0) is 48.8 Å². The number of aromatic nitrogens is 2. The molecule has 2 aromatic rings. The highest BCUT2D eigenvalue weighted by Gasteiger charge is 2.33. The van der Waals surface area contributed by atoms with Crippen LogP contribution in [0, 0.1) is 11.3 Å². The molecule has 0 amide bonds. The molecule has 4 nitrogen and oxygen atoms in total. The van der Waals surface area contributed by atoms with Crippen molar-refractivity contribution in [2.24, 2.45) is 11.3 Å². The topological polar surface area (TPSA) is 61.0 Å². The first-order valence-corrected chi connectivity index (χ1v) is 7.60. The molecular formula is C17H23N3O. The summed E-state index contributed by atoms with van der Waals surface area (Å²) in [4.78, 5) is 8.60. The Hall–Kier alpha value is -1.84. The second kappa shape index (κ2) is 5.17. The molecule has 1 fully saturated rings. The van der Waals surface area contributed by atoms with Crippen LogP contribution in [-0.4, -0.2) is 16.1 Å². The van der Waals surface area contributed by atoms with Crippen molar-refractivity contribution < 1.29 is 4.74 Å². The summed E-state index contributed by atoms with van der Waals surface area (Å²) < 4.78 is 6.22. The Kier molecular flexibility index (Phi) is 3.47. The van der Waals surface area contributed by atoms with E-state index in [4.69, 9.17) is 10.5 Å². The Morgan fingerprint density at radius 2 is 2.05 bits per heavy atom. The highest BCUT2D eigenvalue weighted by molar-refractivity contribution is 5.86. The second-order valence-corrected chi connectivity index (χ2v) is 7.11. The zero-order chi connectivity index (χ0) is 15.0. The molecule has 0 spiro atoms. The lowest BCUT2D eigenvalue weighted by Crippen LogP contribution is -2.34. The van der Waals surface area contributed by atoms with Crippen LogP contribution in [0.25, 0.3) is 10.9 Å². The molecule has 4 heteroatoms. The summed E-state index contributed by atoms with van der Waals surface area (Å²) in [7, 11) is 0. The second-order valence-electron chi connectivity index (χ2n) is 7.11. The molecule has 0 bridgehead atoms. The first-order chi connectivity index (χ1) is 9.93. The number of ether oxygens (including phenoxy) is 1. The van der Waals surface area contributed by atoms with Gasteiger partial charge >= 0.3 is 0 Å². The fourth-order valence-corrected chi connectivity index (χ4v) is 3.65. The van der Waals surface area contributed by atoms with Crippen LogP contribution in [-0.2, 0) is 0 Å². The van der Waals surface area contributed by atoms with Gasteiger partial charge in [-0.15, -0.1) is 0 Å². The summed E-state index contributed by atoms with van der Waals surface area (Å²) >= 11 is 0. The summed E-state index contributed by atoms with van der Waals surface area (Å²) in [5.74, 6) is 1.33. The SMILES string of the molecule is CC1CC(Oc2ncnc3ccc(N)cc23)CC(C)(C)C1. The van der Waals surface area contributed by atoms with Crippen molar-refractivity contribution in [1.29, 1.82) is 0 Å². The molecule has 2 unspecified atom stereocenters. The summed E-state index contributed by atoms with van der Waals surface area (Å²) in [5, 5.41) is 0.897. The van der Waals surface area contributed by atoms with E-state index in [0.717, 1.165) is 23.7 Å². The minimum absolute atomic E-state index is 0.211. The fraction of sp³-hybridized carbons (Fsp3) is 0.529. The van der Waals surface area contributed by atoms with Gasteiger partial charge in [-0.2, -0.15) is 0 Å². The number of nitrogen functional groups attached to an aromatic ring is 1. The molecule has 1 aromatic heterocycles. The van der Waals surface area contributed by atoms with Crippen molar-refractivity contribution in [2.45, 2.75) is 46.1 Å². The Balaban J connectivity index is 1.89. The van der Waals surface area contributed by atoms with Crippen molar-refractivity contribution in [3.63, 3.8) is 0 Å². The summed E-state index contributed by atoms with van der Waals surface area (Å²) in [6.07, 6.45) is 5.17. The van der Waals surface area contributed by atoms with Crippen LogP contribution in [0.1, 0.15) is 40.0 Å². The molecule has 1 aromatic carbocycles. The van der Waals surface area contributed by atoms with Gasteiger partial charge in [0.1, 0.15) is 12.4 Å². The molecule has 3 rings (SSSR count). The highest BCUT2D eigenvalue weighted by atomic mass is 16.5. The number of hydrogen-bond acceptors (Lipinski definition) is 4. The van der Waals surface area contributed by atoms with E-state index in [1.807, 2.05) is 18.2 Å². The maximum absolute atomic E-state index is 6.22. The zero-order valence-corrected chi connectivity index (χ0v) is 13.0. The minimum Gasteiger partial charge on any atom is -0.474 e. The Labute approximate surface area is 125 Å². The maximum Gasteiger partial charge on any atom is 0.224 e. The van der Waals surface area contributed by atoms with Crippen LogP contribution < -0.4 is 10.5 Å². The highest BCUT2D eigenvalue weighted by Crippen LogP contribution is 2.40. The van der Waals surface area contributed by atoms with Crippen LogP contribution >= 0.6 is 0 Å². The van der Waals surface area contributed by atoms with Crippen molar-refractivity contribution in [2.75, 3.05) is 5.73 Å². The van der Waals surface area contributed by atoms with Crippen LogP contribution in [0.4, 0.5) is 5.69 Å². The number of hydrogen-bond donors (Lipinski definition) is 1. The van der Waals surface area contributed by atoms with Gasteiger partial charge < -0.3 is 10.5 Å². The third kappa shape index (κ3) is 3.09. The average molecular weight is 285 g/mol. The predicted octanol–water partition coefficient (Wildman–Crippen LogP) is 3.81. The van der Waals surface area contributed by atoms with E-state index < -0.39 is 0 Å². The van der Waals surface area contributed by atoms with Crippen LogP contribution in [0.15, 0.2) is 24.5 Å². The average Bonchev–Trinajstić information content (AvgIpc) is 2.37. The smallest absolute Gasteiger partial charge is 0.224 e. The van der Waals surface area contributed by atoms with Gasteiger partial charge in [0.2, 0.25) is 5.88 Å². The monoisotopic (exact) mass is 285 g/mol. The first-order valence-electron chi connectivity index (χ1n) is 7.60. The molecule has 1 heterocycles. The number of anilines is 1. The number of nitrogens with two attached hydrogens (primary N) is 1. The van der Waals surface area contributed by atoms with E-state index in [1.165, 1.54) is 6.42 Å². The van der Waals surface area contributed by atoms with E-state index in [1.54, 1.807) is 6.33 Å². The number of rotatable bonds is 2. The molecular weight excluding hydrogens is 262 g/mol. The fourth-order valence-electron chi connectivity index (χ4n) is 3.65. The summed E-state index contributed by atoms with van der Waals surface area (Å²) in [5.41, 5.74) is 7.78. The molecule has 1 saturated carbocycles. The van der Waals surface area contributed by atoms with E-state index in [-0.39, 0.29) is 6.10 Å². The Morgan fingerprint density at radius 3 is 2.81 bits per heavy atom. The Morgan fingerprint density at radius 1 is 1.24 bits per heavy atom. The number of benzene rings is 1. The minimum atomic E-state index is 0.211. The third-order valence-electron chi connectivity index (χ3n) is 4.25. The van der Waals surface area contributed by atoms with Crippen molar-refractivity contribution in [3.05, 3.63) is 24.5 Å². The van der Waals surface area contributed by atoms with E-state index in [0.29, 0.717) is 22.9 Å². The van der Waals surface area contributed by atoms with Gasteiger partial charge in [0, 0.05) is 5.69 Å². The van der Waals surface area contributed by atoms with Crippen LogP contribution in [0.2, 0.25) is 0 Å². The van der Waals surface area contributed by atoms with Crippen molar-refractivity contribution in [1.82, 2.24) is 9.97 Å². The van der Waals surface area contributed by atoms with Gasteiger partial charge in [0.05, 0.1) is 10.9 Å². The van der Waals surface area contributed by atoms with E-state index in [9.17, 15) is 0 Å². The third-order valence-corrected chi connectivity index (χ3v) is 4.25. The predicted molar refractivity (Wildman–Crippen MR) is 85.2 cm³/mol. The molecule has 2 atom stereocenters. The molecule has 0 radical (unpaired) electrons. The zero-order valence-electron chi connectivity index (χ0n) is 13.0. The summed E-state index contributed by atoms with van der Waals surface area (Å²) in [6.45, 7) is 6.93. The quantitative estimate of drug-likeness (QED) is 0.852. The lowest BCUT2D eigenvalue weighted by Gasteiger charge is -2.38. The molecule has 112 valence electrons. The number of fused-ring (bicyclic) bond motifs is 1. The molecule has 1 aliphatic carbocycles. The lowest BCUT2D eigenvalue weighted by molar-refractivity contribution is 0.0543. The molecule has 1 aliphatic rings.